The summed E-state index contributed by atoms with van der Waals surface area (Å²) in [6.45, 7) is 1.63. The van der Waals surface area contributed by atoms with Gasteiger partial charge in [-0.15, -0.1) is 0 Å². The minimum atomic E-state index is -0.696. The number of nitrogens with zero attached hydrogens (tertiary/aromatic N) is 1. The molecule has 0 aromatic heterocycles. The zero-order valence-corrected chi connectivity index (χ0v) is 12.6. The number of aromatic hydroxyl groups is 1. The highest BCUT2D eigenvalue weighted by atomic mass is 35.5. The van der Waals surface area contributed by atoms with E-state index in [1.54, 1.807) is 43.3 Å². The molecule has 1 unspecified atom stereocenters. The van der Waals surface area contributed by atoms with E-state index in [1.165, 1.54) is 18.3 Å². The van der Waals surface area contributed by atoms with Crippen molar-refractivity contribution < 1.29 is 14.6 Å². The zero-order valence-electron chi connectivity index (χ0n) is 11.9. The summed E-state index contributed by atoms with van der Waals surface area (Å²) < 4.78 is 5.47. The number of carbonyl (C=O) groups excluding carboxylic acids is 1. The topological polar surface area (TPSA) is 70.9 Å². The van der Waals surface area contributed by atoms with Gasteiger partial charge in [0, 0.05) is 5.02 Å². The van der Waals surface area contributed by atoms with Crippen LogP contribution in [0.5, 0.6) is 11.5 Å². The first-order valence-corrected chi connectivity index (χ1v) is 6.96. The Hall–Kier alpha value is -2.53. The molecule has 2 aromatic carbocycles. The van der Waals surface area contributed by atoms with Crippen LogP contribution < -0.4 is 10.2 Å². The first-order valence-electron chi connectivity index (χ1n) is 6.59. The van der Waals surface area contributed by atoms with Crippen molar-refractivity contribution >= 4 is 23.7 Å². The molecule has 0 aliphatic heterocycles. The van der Waals surface area contributed by atoms with Crippen LogP contribution in [0.25, 0.3) is 0 Å². The first-order chi connectivity index (χ1) is 10.5. The lowest BCUT2D eigenvalue weighted by atomic mass is 10.2. The van der Waals surface area contributed by atoms with Crippen molar-refractivity contribution in [2.24, 2.45) is 5.10 Å². The van der Waals surface area contributed by atoms with E-state index in [0.29, 0.717) is 10.8 Å². The molecule has 0 saturated carbocycles. The molecule has 6 heteroatoms. The standard InChI is InChI=1S/C16H15ClN2O3/c1-11(22-15-8-4-13(17)5-9-15)16(21)19-18-10-12-2-6-14(20)7-3-12/h2-11,20H,1H3,(H,19,21)/b18-10+. The number of hydrogen-bond acceptors (Lipinski definition) is 4. The van der Waals surface area contributed by atoms with Crippen LogP contribution in [-0.2, 0) is 4.79 Å². The van der Waals surface area contributed by atoms with E-state index >= 15 is 0 Å². The SMILES string of the molecule is CC(Oc1ccc(Cl)cc1)C(=O)N/N=C/c1ccc(O)cc1. The number of hydrazone groups is 1. The highest BCUT2D eigenvalue weighted by Gasteiger charge is 2.13. The highest BCUT2D eigenvalue weighted by molar-refractivity contribution is 6.30. The Labute approximate surface area is 133 Å². The number of phenolic OH excluding ortho intramolecular Hbond substituents is 1. The second-order valence-electron chi connectivity index (χ2n) is 4.54. The van der Waals surface area contributed by atoms with Gasteiger partial charge in [0.2, 0.25) is 0 Å². The molecule has 0 saturated heterocycles. The number of nitrogens with one attached hydrogen (secondary N) is 1. The fourth-order valence-electron chi connectivity index (χ4n) is 1.59. The van der Waals surface area contributed by atoms with Gasteiger partial charge < -0.3 is 9.84 Å². The highest BCUT2D eigenvalue weighted by Crippen LogP contribution is 2.16. The van der Waals surface area contributed by atoms with Gasteiger partial charge in [-0.25, -0.2) is 5.43 Å². The average molecular weight is 319 g/mol. The molecule has 0 fully saturated rings. The van der Waals surface area contributed by atoms with Gasteiger partial charge in [0.1, 0.15) is 11.5 Å². The van der Waals surface area contributed by atoms with Gasteiger partial charge in [0.15, 0.2) is 6.10 Å². The van der Waals surface area contributed by atoms with Crippen molar-refractivity contribution in [3.8, 4) is 11.5 Å². The average Bonchev–Trinajstić information content (AvgIpc) is 2.51. The van der Waals surface area contributed by atoms with E-state index in [4.69, 9.17) is 21.4 Å². The fraction of sp³-hybridized carbons (Fsp3) is 0.125. The van der Waals surface area contributed by atoms with E-state index in [-0.39, 0.29) is 11.7 Å². The van der Waals surface area contributed by atoms with Crippen LogP contribution in [-0.4, -0.2) is 23.3 Å². The van der Waals surface area contributed by atoms with Gasteiger partial charge in [0.05, 0.1) is 6.21 Å². The lowest BCUT2D eigenvalue weighted by molar-refractivity contribution is -0.127. The Bertz CT molecular complexity index is 654. The summed E-state index contributed by atoms with van der Waals surface area (Å²) in [5, 5.41) is 13.6. The van der Waals surface area contributed by atoms with Gasteiger partial charge in [-0.2, -0.15) is 5.10 Å². The predicted molar refractivity (Wildman–Crippen MR) is 85.4 cm³/mol. The maximum Gasteiger partial charge on any atom is 0.280 e. The lowest BCUT2D eigenvalue weighted by Gasteiger charge is -2.12. The number of amides is 1. The van der Waals surface area contributed by atoms with E-state index in [2.05, 4.69) is 10.5 Å². The molecule has 1 atom stereocenters. The second kappa shape index (κ2) is 7.47. The van der Waals surface area contributed by atoms with Crippen LogP contribution in [0.15, 0.2) is 53.6 Å². The molecule has 0 radical (unpaired) electrons. The number of rotatable bonds is 5. The molecule has 0 spiro atoms. The van der Waals surface area contributed by atoms with Crippen molar-refractivity contribution in [3.63, 3.8) is 0 Å². The molecular weight excluding hydrogens is 304 g/mol. The minimum Gasteiger partial charge on any atom is -0.508 e. The van der Waals surface area contributed by atoms with Crippen molar-refractivity contribution in [1.29, 1.82) is 0 Å². The Balaban J connectivity index is 1.85. The number of hydrogen-bond donors (Lipinski definition) is 2. The molecular formula is C16H15ClN2O3. The van der Waals surface area contributed by atoms with Crippen molar-refractivity contribution in [2.45, 2.75) is 13.0 Å². The summed E-state index contributed by atoms with van der Waals surface area (Å²) in [6.07, 6.45) is 0.782. The van der Waals surface area contributed by atoms with E-state index in [1.807, 2.05) is 0 Å². The molecule has 2 N–H and O–H groups in total. The summed E-state index contributed by atoms with van der Waals surface area (Å²) in [5.41, 5.74) is 3.15. The Morgan fingerprint density at radius 3 is 2.50 bits per heavy atom. The molecule has 22 heavy (non-hydrogen) atoms. The van der Waals surface area contributed by atoms with Crippen LogP contribution in [0.4, 0.5) is 0 Å². The largest absolute Gasteiger partial charge is 0.508 e. The van der Waals surface area contributed by atoms with Gasteiger partial charge >= 0.3 is 0 Å². The molecule has 0 aliphatic rings. The first kappa shape index (κ1) is 15.9. The van der Waals surface area contributed by atoms with E-state index in [9.17, 15) is 4.79 Å². The van der Waals surface area contributed by atoms with Crippen LogP contribution in [0.3, 0.4) is 0 Å². The monoisotopic (exact) mass is 318 g/mol. The smallest absolute Gasteiger partial charge is 0.280 e. The lowest BCUT2D eigenvalue weighted by Crippen LogP contribution is -2.33. The fourth-order valence-corrected chi connectivity index (χ4v) is 1.72. The number of benzene rings is 2. The second-order valence-corrected chi connectivity index (χ2v) is 4.98. The molecule has 0 heterocycles. The third kappa shape index (κ3) is 4.79. The van der Waals surface area contributed by atoms with Crippen LogP contribution in [0.1, 0.15) is 12.5 Å². The maximum absolute atomic E-state index is 11.8. The number of halogens is 1. The van der Waals surface area contributed by atoms with Crippen molar-refractivity contribution in [3.05, 3.63) is 59.1 Å². The molecule has 0 bridgehead atoms. The van der Waals surface area contributed by atoms with Crippen LogP contribution >= 0.6 is 11.6 Å². The third-order valence-corrected chi connectivity index (χ3v) is 3.03. The number of carbonyl (C=O) groups is 1. The Morgan fingerprint density at radius 1 is 1.23 bits per heavy atom. The van der Waals surface area contributed by atoms with Gasteiger partial charge in [0.25, 0.3) is 5.91 Å². The van der Waals surface area contributed by atoms with Gasteiger partial charge in [-0.05, 0) is 61.0 Å². The zero-order chi connectivity index (χ0) is 15.9. The number of ether oxygens (including phenoxy) is 1. The molecule has 114 valence electrons. The molecule has 0 aliphatic carbocycles. The Kier molecular flexibility index (Phi) is 5.38. The van der Waals surface area contributed by atoms with E-state index < -0.39 is 6.10 Å². The Morgan fingerprint density at radius 2 is 1.86 bits per heavy atom. The summed E-state index contributed by atoms with van der Waals surface area (Å²) in [7, 11) is 0. The van der Waals surface area contributed by atoms with Gasteiger partial charge in [-0.3, -0.25) is 4.79 Å². The molecule has 2 aromatic rings. The third-order valence-electron chi connectivity index (χ3n) is 2.78. The molecule has 5 nitrogen and oxygen atoms in total. The predicted octanol–water partition coefficient (Wildman–Crippen LogP) is 2.96. The molecule has 1 amide bonds. The van der Waals surface area contributed by atoms with Gasteiger partial charge in [-0.1, -0.05) is 11.6 Å². The maximum atomic E-state index is 11.8. The minimum absolute atomic E-state index is 0.172. The quantitative estimate of drug-likeness (QED) is 0.657. The van der Waals surface area contributed by atoms with Crippen molar-refractivity contribution in [1.82, 2.24) is 5.43 Å². The molecule has 2 rings (SSSR count). The van der Waals surface area contributed by atoms with Crippen LogP contribution in [0, 0.1) is 0 Å². The summed E-state index contributed by atoms with van der Waals surface area (Å²) >= 11 is 5.78. The normalized spacial score (nSPS) is 12.1. The summed E-state index contributed by atoms with van der Waals surface area (Å²) in [6, 6.07) is 13.2. The summed E-state index contributed by atoms with van der Waals surface area (Å²) in [5.74, 6) is 0.353. The number of phenols is 1. The van der Waals surface area contributed by atoms with Crippen LogP contribution in [0.2, 0.25) is 5.02 Å². The van der Waals surface area contributed by atoms with Crippen molar-refractivity contribution in [2.75, 3.05) is 0 Å². The summed E-state index contributed by atoms with van der Waals surface area (Å²) in [4.78, 5) is 11.8. The van der Waals surface area contributed by atoms with E-state index in [0.717, 1.165) is 5.56 Å².